The summed E-state index contributed by atoms with van der Waals surface area (Å²) < 4.78 is 5.93. The molecule has 1 aromatic carbocycles. The van der Waals surface area contributed by atoms with Crippen molar-refractivity contribution in [2.75, 3.05) is 0 Å². The second-order valence-electron chi connectivity index (χ2n) is 4.81. The molecular weight excluding hydrogens is 196 g/mol. The van der Waals surface area contributed by atoms with Gasteiger partial charge in [-0.1, -0.05) is 44.2 Å². The first kappa shape index (κ1) is 9.71. The van der Waals surface area contributed by atoms with Gasteiger partial charge in [0.1, 0.15) is 11.5 Å². The maximum atomic E-state index is 5.93. The summed E-state index contributed by atoms with van der Waals surface area (Å²) in [6.07, 6.45) is 0. The fraction of sp³-hybridized carbons (Fsp3) is 0.333. The molecule has 2 aromatic rings. The van der Waals surface area contributed by atoms with Gasteiger partial charge in [0.05, 0.1) is 0 Å². The van der Waals surface area contributed by atoms with E-state index in [2.05, 4.69) is 38.1 Å². The van der Waals surface area contributed by atoms with E-state index in [-0.39, 0.29) is 0 Å². The highest BCUT2D eigenvalue weighted by atomic mass is 16.3. The van der Waals surface area contributed by atoms with Gasteiger partial charge in [0.15, 0.2) is 0 Å². The molecule has 1 aromatic heterocycles. The normalized spacial score (nSPS) is 28.0. The molecule has 1 saturated carbocycles. The zero-order chi connectivity index (χ0) is 11.1. The maximum Gasteiger partial charge on any atom is 0.134 e. The summed E-state index contributed by atoms with van der Waals surface area (Å²) in [5, 5.41) is 0. The zero-order valence-electron chi connectivity index (χ0n) is 9.68. The molecule has 0 radical (unpaired) electrons. The summed E-state index contributed by atoms with van der Waals surface area (Å²) in [6, 6.07) is 14.5. The molecule has 0 amide bonds. The summed E-state index contributed by atoms with van der Waals surface area (Å²) in [7, 11) is 0. The minimum absolute atomic E-state index is 0.637. The largest absolute Gasteiger partial charge is 0.461 e. The third-order valence-corrected chi connectivity index (χ3v) is 3.83. The van der Waals surface area contributed by atoms with Crippen LogP contribution in [0.1, 0.15) is 25.5 Å². The smallest absolute Gasteiger partial charge is 0.134 e. The van der Waals surface area contributed by atoms with Crippen LogP contribution >= 0.6 is 0 Å². The van der Waals surface area contributed by atoms with Crippen molar-refractivity contribution in [1.29, 1.82) is 0 Å². The van der Waals surface area contributed by atoms with E-state index in [4.69, 9.17) is 4.42 Å². The molecule has 1 aliphatic rings. The highest BCUT2D eigenvalue weighted by Gasteiger charge is 2.45. The third kappa shape index (κ3) is 1.47. The molecule has 1 nitrogen and oxygen atoms in total. The first-order valence-electron chi connectivity index (χ1n) is 5.92. The average Bonchev–Trinajstić information content (AvgIpc) is 2.77. The topological polar surface area (TPSA) is 13.1 Å². The van der Waals surface area contributed by atoms with Gasteiger partial charge in [-0.2, -0.15) is 0 Å². The van der Waals surface area contributed by atoms with Gasteiger partial charge >= 0.3 is 0 Å². The van der Waals surface area contributed by atoms with Crippen LogP contribution in [0.15, 0.2) is 46.9 Å². The number of benzene rings is 1. The van der Waals surface area contributed by atoms with Crippen LogP contribution in [0.25, 0.3) is 11.3 Å². The molecule has 0 N–H and O–H groups in total. The second-order valence-corrected chi connectivity index (χ2v) is 4.81. The lowest BCUT2D eigenvalue weighted by Crippen LogP contribution is -1.75. The van der Waals surface area contributed by atoms with Crippen molar-refractivity contribution in [3.05, 3.63) is 48.2 Å². The lowest BCUT2D eigenvalue weighted by molar-refractivity contribution is 0.514. The molecule has 16 heavy (non-hydrogen) atoms. The minimum Gasteiger partial charge on any atom is -0.461 e. The molecule has 0 spiro atoms. The van der Waals surface area contributed by atoms with Crippen molar-refractivity contribution in [1.82, 2.24) is 0 Å². The van der Waals surface area contributed by atoms with Gasteiger partial charge in [-0.05, 0) is 24.0 Å². The standard InChI is InChI=1S/C15H16O/c1-10-11(2)15(10)14-9-8-13(16-14)12-6-4-3-5-7-12/h3-11,15H,1-2H3/t10-,11+,15?. The van der Waals surface area contributed by atoms with E-state index < -0.39 is 0 Å². The molecule has 0 aliphatic heterocycles. The summed E-state index contributed by atoms with van der Waals surface area (Å²) in [6.45, 7) is 4.58. The lowest BCUT2D eigenvalue weighted by Gasteiger charge is -1.96. The molecule has 1 heterocycles. The minimum atomic E-state index is 0.637. The van der Waals surface area contributed by atoms with Gasteiger partial charge in [-0.15, -0.1) is 0 Å². The Balaban J connectivity index is 1.89. The quantitative estimate of drug-likeness (QED) is 0.722. The SMILES string of the molecule is C[C@@H]1C(c2ccc(-c3ccccc3)o2)[C@@H]1C. The molecule has 3 atom stereocenters. The van der Waals surface area contributed by atoms with Gasteiger partial charge < -0.3 is 4.42 Å². The van der Waals surface area contributed by atoms with Crippen LogP contribution in [0.5, 0.6) is 0 Å². The van der Waals surface area contributed by atoms with Gasteiger partial charge in [0, 0.05) is 11.5 Å². The van der Waals surface area contributed by atoms with Crippen LogP contribution in [0.2, 0.25) is 0 Å². The fourth-order valence-electron chi connectivity index (χ4n) is 2.47. The average molecular weight is 212 g/mol. The molecule has 0 bridgehead atoms. The van der Waals surface area contributed by atoms with E-state index in [1.807, 2.05) is 18.2 Å². The van der Waals surface area contributed by atoms with E-state index in [1.54, 1.807) is 0 Å². The van der Waals surface area contributed by atoms with E-state index >= 15 is 0 Å². The van der Waals surface area contributed by atoms with Crippen molar-refractivity contribution in [2.45, 2.75) is 19.8 Å². The van der Waals surface area contributed by atoms with Crippen molar-refractivity contribution in [3.8, 4) is 11.3 Å². The van der Waals surface area contributed by atoms with Crippen LogP contribution in [0.4, 0.5) is 0 Å². The lowest BCUT2D eigenvalue weighted by atomic mass is 10.2. The van der Waals surface area contributed by atoms with Crippen molar-refractivity contribution < 1.29 is 4.42 Å². The summed E-state index contributed by atoms with van der Waals surface area (Å²) in [5.41, 5.74) is 1.16. The molecule has 0 saturated heterocycles. The fourth-order valence-corrected chi connectivity index (χ4v) is 2.47. The Bertz CT molecular complexity index is 475. The molecule has 82 valence electrons. The van der Waals surface area contributed by atoms with E-state index in [0.717, 1.165) is 28.9 Å². The molecule has 1 heteroatoms. The van der Waals surface area contributed by atoms with Crippen molar-refractivity contribution in [3.63, 3.8) is 0 Å². The van der Waals surface area contributed by atoms with Gasteiger partial charge in [0.25, 0.3) is 0 Å². The van der Waals surface area contributed by atoms with Crippen molar-refractivity contribution in [2.24, 2.45) is 11.8 Å². The second kappa shape index (κ2) is 3.51. The molecule has 3 rings (SSSR count). The molecule has 1 aliphatic carbocycles. The Labute approximate surface area is 96.1 Å². The van der Waals surface area contributed by atoms with Crippen LogP contribution < -0.4 is 0 Å². The summed E-state index contributed by atoms with van der Waals surface area (Å²) >= 11 is 0. The zero-order valence-corrected chi connectivity index (χ0v) is 9.68. The Morgan fingerprint density at radius 1 is 0.875 bits per heavy atom. The maximum absolute atomic E-state index is 5.93. The Morgan fingerprint density at radius 3 is 2.19 bits per heavy atom. The van der Waals surface area contributed by atoms with Crippen LogP contribution in [0, 0.1) is 11.8 Å². The first-order chi connectivity index (χ1) is 7.77. The number of hydrogen-bond acceptors (Lipinski definition) is 1. The Morgan fingerprint density at radius 2 is 1.56 bits per heavy atom. The van der Waals surface area contributed by atoms with Gasteiger partial charge in [0.2, 0.25) is 0 Å². The van der Waals surface area contributed by atoms with E-state index in [0.29, 0.717) is 5.92 Å². The number of rotatable bonds is 2. The first-order valence-corrected chi connectivity index (χ1v) is 5.92. The van der Waals surface area contributed by atoms with Gasteiger partial charge in [-0.25, -0.2) is 0 Å². The highest BCUT2D eigenvalue weighted by molar-refractivity contribution is 5.57. The predicted octanol–water partition coefficient (Wildman–Crippen LogP) is 4.32. The van der Waals surface area contributed by atoms with Crippen LogP contribution in [-0.4, -0.2) is 0 Å². The summed E-state index contributed by atoms with van der Waals surface area (Å²) in [4.78, 5) is 0. The Kier molecular flexibility index (Phi) is 2.13. The Hall–Kier alpha value is -1.50. The summed E-state index contributed by atoms with van der Waals surface area (Å²) in [5.74, 6) is 4.32. The van der Waals surface area contributed by atoms with E-state index in [1.165, 1.54) is 0 Å². The van der Waals surface area contributed by atoms with Gasteiger partial charge in [-0.3, -0.25) is 0 Å². The van der Waals surface area contributed by atoms with Crippen LogP contribution in [0.3, 0.4) is 0 Å². The monoisotopic (exact) mass is 212 g/mol. The number of hydrogen-bond donors (Lipinski definition) is 0. The third-order valence-electron chi connectivity index (χ3n) is 3.83. The van der Waals surface area contributed by atoms with Crippen molar-refractivity contribution >= 4 is 0 Å². The van der Waals surface area contributed by atoms with Crippen LogP contribution in [-0.2, 0) is 0 Å². The van der Waals surface area contributed by atoms with E-state index in [9.17, 15) is 0 Å². The number of furan rings is 1. The highest BCUT2D eigenvalue weighted by Crippen LogP contribution is 2.53. The molecular formula is C15H16O. The predicted molar refractivity (Wildman–Crippen MR) is 65.2 cm³/mol. The molecule has 1 fully saturated rings. The molecule has 1 unspecified atom stereocenters.